The molecule has 2 aromatic rings. The third kappa shape index (κ3) is 4.27. The summed E-state index contributed by atoms with van der Waals surface area (Å²) in [6.45, 7) is 2.18. The Morgan fingerprint density at radius 3 is 2.65 bits per heavy atom. The van der Waals surface area contributed by atoms with Crippen molar-refractivity contribution in [2.45, 2.75) is 32.3 Å². The van der Waals surface area contributed by atoms with Gasteiger partial charge in [-0.05, 0) is 36.4 Å². The Balaban J connectivity index is 1.61. The smallest absolute Gasteiger partial charge is 0.263 e. The van der Waals surface area contributed by atoms with Crippen LogP contribution < -0.4 is 4.74 Å². The van der Waals surface area contributed by atoms with Gasteiger partial charge in [0.15, 0.2) is 0 Å². The SMILES string of the molecule is O=C(c1cc(COc2ccccc2Cl)cs1)N1CCCCCC1. The molecule has 1 fully saturated rings. The predicted octanol–water partition coefficient (Wildman–Crippen LogP) is 5.00. The number of carbonyl (C=O) groups is 1. The third-order valence-electron chi connectivity index (χ3n) is 3.99. The lowest BCUT2D eigenvalue weighted by molar-refractivity contribution is 0.0766. The number of likely N-dealkylation sites (tertiary alicyclic amines) is 1. The zero-order valence-corrected chi connectivity index (χ0v) is 14.5. The molecule has 3 rings (SSSR count). The van der Waals surface area contributed by atoms with Crippen molar-refractivity contribution in [2.24, 2.45) is 0 Å². The number of amides is 1. The van der Waals surface area contributed by atoms with Crippen molar-refractivity contribution in [3.05, 3.63) is 51.2 Å². The van der Waals surface area contributed by atoms with Crippen molar-refractivity contribution in [1.29, 1.82) is 0 Å². The van der Waals surface area contributed by atoms with Gasteiger partial charge in [-0.3, -0.25) is 4.79 Å². The number of ether oxygens (including phenoxy) is 1. The highest BCUT2D eigenvalue weighted by Crippen LogP contribution is 2.25. The maximum atomic E-state index is 12.6. The number of hydrogen-bond donors (Lipinski definition) is 0. The number of carbonyl (C=O) groups excluding carboxylic acids is 1. The summed E-state index contributed by atoms with van der Waals surface area (Å²) in [5, 5.41) is 2.59. The van der Waals surface area contributed by atoms with Crippen molar-refractivity contribution in [3.63, 3.8) is 0 Å². The second-order valence-corrected chi connectivity index (χ2v) is 7.06. The molecule has 1 aromatic carbocycles. The Kier molecular flexibility index (Phi) is 5.57. The molecule has 3 nitrogen and oxygen atoms in total. The van der Waals surface area contributed by atoms with Crippen molar-refractivity contribution < 1.29 is 9.53 Å². The average molecular weight is 350 g/mol. The molecule has 2 heterocycles. The molecule has 0 atom stereocenters. The van der Waals surface area contributed by atoms with Gasteiger partial charge < -0.3 is 9.64 Å². The number of nitrogens with zero attached hydrogens (tertiary/aromatic N) is 1. The largest absolute Gasteiger partial charge is 0.487 e. The van der Waals surface area contributed by atoms with E-state index in [1.807, 2.05) is 34.5 Å². The minimum atomic E-state index is 0.154. The van der Waals surface area contributed by atoms with E-state index < -0.39 is 0 Å². The normalized spacial score (nSPS) is 15.3. The monoisotopic (exact) mass is 349 g/mol. The van der Waals surface area contributed by atoms with Crippen LogP contribution in [0, 0.1) is 0 Å². The van der Waals surface area contributed by atoms with Crippen LogP contribution in [0.25, 0.3) is 0 Å². The van der Waals surface area contributed by atoms with Gasteiger partial charge in [0.25, 0.3) is 5.91 Å². The minimum absolute atomic E-state index is 0.154. The third-order valence-corrected chi connectivity index (χ3v) is 5.27. The summed E-state index contributed by atoms with van der Waals surface area (Å²) in [4.78, 5) is 15.3. The summed E-state index contributed by atoms with van der Waals surface area (Å²) in [6.07, 6.45) is 4.68. The fourth-order valence-electron chi connectivity index (χ4n) is 2.72. The lowest BCUT2D eigenvalue weighted by Crippen LogP contribution is -2.31. The Morgan fingerprint density at radius 1 is 1.17 bits per heavy atom. The quantitative estimate of drug-likeness (QED) is 0.777. The van der Waals surface area contributed by atoms with Gasteiger partial charge in [0.2, 0.25) is 0 Å². The highest BCUT2D eigenvalue weighted by molar-refractivity contribution is 7.12. The number of para-hydroxylation sites is 1. The molecule has 122 valence electrons. The molecule has 1 aromatic heterocycles. The number of halogens is 1. The Labute approximate surface area is 145 Å². The zero-order chi connectivity index (χ0) is 16.1. The van der Waals surface area contributed by atoms with E-state index in [1.54, 1.807) is 6.07 Å². The van der Waals surface area contributed by atoms with Crippen LogP contribution in [0.1, 0.15) is 40.9 Å². The van der Waals surface area contributed by atoms with Gasteiger partial charge in [-0.25, -0.2) is 0 Å². The minimum Gasteiger partial charge on any atom is -0.487 e. The van der Waals surface area contributed by atoms with Crippen LogP contribution in [0.5, 0.6) is 5.75 Å². The van der Waals surface area contributed by atoms with Gasteiger partial charge in [0.05, 0.1) is 9.90 Å². The van der Waals surface area contributed by atoms with Crippen molar-refractivity contribution in [2.75, 3.05) is 13.1 Å². The maximum absolute atomic E-state index is 12.6. The Bertz CT molecular complexity index is 663. The van der Waals surface area contributed by atoms with Gasteiger partial charge in [-0.2, -0.15) is 0 Å². The molecule has 1 aliphatic heterocycles. The van der Waals surface area contributed by atoms with Crippen molar-refractivity contribution in [3.8, 4) is 5.75 Å². The van der Waals surface area contributed by atoms with Crippen LogP contribution in [0.4, 0.5) is 0 Å². The molecular weight excluding hydrogens is 330 g/mol. The van der Waals surface area contributed by atoms with E-state index in [1.165, 1.54) is 24.2 Å². The van der Waals surface area contributed by atoms with Gasteiger partial charge in [-0.15, -0.1) is 11.3 Å². The summed E-state index contributed by atoms with van der Waals surface area (Å²) in [6, 6.07) is 9.35. The molecule has 1 aliphatic rings. The summed E-state index contributed by atoms with van der Waals surface area (Å²) >= 11 is 7.57. The van der Waals surface area contributed by atoms with Crippen molar-refractivity contribution in [1.82, 2.24) is 4.90 Å². The van der Waals surface area contributed by atoms with Crippen LogP contribution in [-0.2, 0) is 6.61 Å². The molecule has 0 unspecified atom stereocenters. The summed E-state index contributed by atoms with van der Waals surface area (Å²) in [5.41, 5.74) is 1.01. The number of rotatable bonds is 4. The molecule has 1 saturated heterocycles. The second-order valence-electron chi connectivity index (χ2n) is 5.74. The van der Waals surface area contributed by atoms with Gasteiger partial charge >= 0.3 is 0 Å². The lowest BCUT2D eigenvalue weighted by Gasteiger charge is -2.19. The Morgan fingerprint density at radius 2 is 1.91 bits per heavy atom. The summed E-state index contributed by atoms with van der Waals surface area (Å²) in [5.74, 6) is 0.821. The molecule has 5 heteroatoms. The first kappa shape index (κ1) is 16.3. The fraction of sp³-hybridized carbons (Fsp3) is 0.389. The van der Waals surface area contributed by atoms with Crippen LogP contribution in [0.3, 0.4) is 0 Å². The van der Waals surface area contributed by atoms with E-state index >= 15 is 0 Å². The fourth-order valence-corrected chi connectivity index (χ4v) is 3.77. The number of benzene rings is 1. The van der Waals surface area contributed by atoms with E-state index in [0.29, 0.717) is 17.4 Å². The second kappa shape index (κ2) is 7.84. The van der Waals surface area contributed by atoms with Crippen LogP contribution in [0.2, 0.25) is 5.02 Å². The average Bonchev–Trinajstić information content (AvgIpc) is 2.87. The number of hydrogen-bond acceptors (Lipinski definition) is 3. The van der Waals surface area contributed by atoms with Crippen LogP contribution >= 0.6 is 22.9 Å². The molecule has 0 radical (unpaired) electrons. The van der Waals surface area contributed by atoms with Gasteiger partial charge in [0.1, 0.15) is 12.4 Å². The molecule has 0 N–H and O–H groups in total. The predicted molar refractivity (Wildman–Crippen MR) is 94.5 cm³/mol. The standard InChI is InChI=1S/C18H20ClNO2S/c19-15-7-3-4-8-16(15)22-12-14-11-17(23-13-14)18(21)20-9-5-1-2-6-10-20/h3-4,7-8,11,13H,1-2,5-6,9-10,12H2. The van der Waals surface area contributed by atoms with Crippen LogP contribution in [-0.4, -0.2) is 23.9 Å². The first-order valence-corrected chi connectivity index (χ1v) is 9.24. The van der Waals surface area contributed by atoms with E-state index in [0.717, 1.165) is 36.4 Å². The number of thiophene rings is 1. The highest BCUT2D eigenvalue weighted by Gasteiger charge is 2.19. The first-order chi connectivity index (χ1) is 11.2. The molecule has 0 spiro atoms. The molecule has 23 heavy (non-hydrogen) atoms. The summed E-state index contributed by atoms with van der Waals surface area (Å²) < 4.78 is 5.73. The van der Waals surface area contributed by atoms with Gasteiger partial charge in [0, 0.05) is 18.7 Å². The first-order valence-electron chi connectivity index (χ1n) is 7.98. The zero-order valence-electron chi connectivity index (χ0n) is 13.0. The molecule has 0 saturated carbocycles. The topological polar surface area (TPSA) is 29.5 Å². The van der Waals surface area contributed by atoms with Gasteiger partial charge in [-0.1, -0.05) is 36.6 Å². The highest BCUT2D eigenvalue weighted by atomic mass is 35.5. The maximum Gasteiger partial charge on any atom is 0.263 e. The summed E-state index contributed by atoms with van der Waals surface area (Å²) in [7, 11) is 0. The van der Waals surface area contributed by atoms with Crippen molar-refractivity contribution >= 4 is 28.8 Å². The molecule has 0 bridgehead atoms. The molecule has 0 aliphatic carbocycles. The van der Waals surface area contributed by atoms with E-state index in [2.05, 4.69) is 0 Å². The Hall–Kier alpha value is -1.52. The van der Waals surface area contributed by atoms with E-state index in [4.69, 9.17) is 16.3 Å². The van der Waals surface area contributed by atoms with E-state index in [9.17, 15) is 4.79 Å². The molecule has 1 amide bonds. The lowest BCUT2D eigenvalue weighted by atomic mass is 10.2. The van der Waals surface area contributed by atoms with Crippen LogP contribution in [0.15, 0.2) is 35.7 Å². The van der Waals surface area contributed by atoms with E-state index in [-0.39, 0.29) is 5.91 Å². The molecular formula is C18H20ClNO2S.